The van der Waals surface area contributed by atoms with Gasteiger partial charge in [0.05, 0.1) is 17.9 Å². The number of carbonyl (C=O) groups is 2. The number of hydrogen-bond donors (Lipinski definition) is 2. The van der Waals surface area contributed by atoms with Gasteiger partial charge in [-0.1, -0.05) is 6.07 Å². The van der Waals surface area contributed by atoms with E-state index in [0.29, 0.717) is 11.3 Å². The van der Waals surface area contributed by atoms with Crippen LogP contribution < -0.4 is 15.4 Å². The van der Waals surface area contributed by atoms with E-state index in [4.69, 9.17) is 4.74 Å². The van der Waals surface area contributed by atoms with Gasteiger partial charge < -0.3 is 20.1 Å². The summed E-state index contributed by atoms with van der Waals surface area (Å²) in [6, 6.07) is 9.88. The van der Waals surface area contributed by atoms with Crippen LogP contribution >= 0.6 is 0 Å². The average Bonchev–Trinajstić information content (AvgIpc) is 2.58. The normalized spacial score (nSPS) is 10.3. The molecule has 0 radical (unpaired) electrons. The van der Waals surface area contributed by atoms with Crippen molar-refractivity contribution in [3.05, 3.63) is 53.6 Å². The maximum atomic E-state index is 12.5. The molecule has 0 saturated heterocycles. The second-order valence-electron chi connectivity index (χ2n) is 5.26. The monoisotopic (exact) mass is 364 g/mol. The summed E-state index contributed by atoms with van der Waals surface area (Å²) in [4.78, 5) is 23.7. The predicted octanol–water partition coefficient (Wildman–Crippen LogP) is 4.42. The smallest absolute Gasteiger partial charge is 0.387 e. The first kappa shape index (κ1) is 19.2. The van der Waals surface area contributed by atoms with Crippen molar-refractivity contribution < 1.29 is 27.8 Å². The molecule has 0 saturated carbocycles. The van der Waals surface area contributed by atoms with Gasteiger partial charge >= 0.3 is 18.6 Å². The minimum atomic E-state index is -3.00. The molecule has 6 nitrogen and oxygen atoms in total. The van der Waals surface area contributed by atoms with Gasteiger partial charge in [0, 0.05) is 5.69 Å². The van der Waals surface area contributed by atoms with Gasteiger partial charge in [0.15, 0.2) is 0 Å². The number of alkyl halides is 2. The number of anilines is 2. The van der Waals surface area contributed by atoms with Gasteiger partial charge in [-0.25, -0.2) is 9.59 Å². The maximum Gasteiger partial charge on any atom is 0.387 e. The van der Waals surface area contributed by atoms with Crippen molar-refractivity contribution in [2.24, 2.45) is 0 Å². The van der Waals surface area contributed by atoms with E-state index in [0.717, 1.165) is 5.56 Å². The van der Waals surface area contributed by atoms with E-state index in [-0.39, 0.29) is 18.0 Å². The lowest BCUT2D eigenvalue weighted by atomic mass is 10.2. The Hall–Kier alpha value is -3.16. The molecular weight excluding hydrogens is 346 g/mol. The molecule has 2 rings (SSSR count). The Bertz CT molecular complexity index is 779. The summed E-state index contributed by atoms with van der Waals surface area (Å²) < 4.78 is 34.2. The number of rotatable bonds is 6. The maximum absolute atomic E-state index is 12.5. The molecule has 26 heavy (non-hydrogen) atoms. The molecule has 2 amide bonds. The minimum absolute atomic E-state index is 0.117. The number of nitrogens with one attached hydrogen (secondary N) is 2. The zero-order valence-electron chi connectivity index (χ0n) is 14.2. The quantitative estimate of drug-likeness (QED) is 0.744. The molecular formula is C18H18F2N2O4. The van der Waals surface area contributed by atoms with Gasteiger partial charge in [-0.05, 0) is 55.8 Å². The molecule has 0 aromatic heterocycles. The van der Waals surface area contributed by atoms with Gasteiger partial charge in [0.25, 0.3) is 0 Å². The lowest BCUT2D eigenvalue weighted by Crippen LogP contribution is -2.20. The molecule has 0 aliphatic rings. The number of halogens is 2. The average molecular weight is 364 g/mol. The van der Waals surface area contributed by atoms with E-state index < -0.39 is 18.6 Å². The van der Waals surface area contributed by atoms with Crippen LogP contribution in [-0.2, 0) is 4.74 Å². The zero-order valence-corrected chi connectivity index (χ0v) is 14.2. The van der Waals surface area contributed by atoms with Crippen molar-refractivity contribution in [1.29, 1.82) is 0 Å². The highest BCUT2D eigenvalue weighted by Crippen LogP contribution is 2.27. The number of carbonyl (C=O) groups excluding carboxylic acids is 2. The molecule has 0 fully saturated rings. The van der Waals surface area contributed by atoms with Gasteiger partial charge in [-0.15, -0.1) is 0 Å². The van der Waals surface area contributed by atoms with Crippen LogP contribution in [0.25, 0.3) is 0 Å². The summed E-state index contributed by atoms with van der Waals surface area (Å²) in [6.07, 6.45) is 0. The highest BCUT2D eigenvalue weighted by Gasteiger charge is 2.13. The van der Waals surface area contributed by atoms with Crippen LogP contribution in [0.5, 0.6) is 5.75 Å². The van der Waals surface area contributed by atoms with Gasteiger partial charge in [0.2, 0.25) is 0 Å². The Kier molecular flexibility index (Phi) is 6.48. The number of aryl methyl sites for hydroxylation is 1. The summed E-state index contributed by atoms with van der Waals surface area (Å²) in [5.41, 5.74) is 1.65. The van der Waals surface area contributed by atoms with Gasteiger partial charge in [-0.2, -0.15) is 8.78 Å². The summed E-state index contributed by atoms with van der Waals surface area (Å²) in [5, 5.41) is 5.01. The zero-order chi connectivity index (χ0) is 19.1. The van der Waals surface area contributed by atoms with Crippen LogP contribution in [0.4, 0.5) is 25.0 Å². The Morgan fingerprint density at radius 2 is 1.77 bits per heavy atom. The first-order valence-corrected chi connectivity index (χ1v) is 7.79. The third-order valence-electron chi connectivity index (χ3n) is 3.25. The number of esters is 1. The third-order valence-corrected chi connectivity index (χ3v) is 3.25. The Balaban J connectivity index is 2.05. The number of benzene rings is 2. The van der Waals surface area contributed by atoms with Crippen molar-refractivity contribution in [2.75, 3.05) is 17.2 Å². The first-order valence-electron chi connectivity index (χ1n) is 7.79. The van der Waals surface area contributed by atoms with E-state index >= 15 is 0 Å². The molecule has 0 bridgehead atoms. The molecule has 8 heteroatoms. The molecule has 2 N–H and O–H groups in total. The topological polar surface area (TPSA) is 76.7 Å². The van der Waals surface area contributed by atoms with E-state index in [2.05, 4.69) is 15.4 Å². The largest absolute Gasteiger partial charge is 0.462 e. The van der Waals surface area contributed by atoms with Crippen molar-refractivity contribution in [1.82, 2.24) is 0 Å². The second kappa shape index (κ2) is 8.80. The van der Waals surface area contributed by atoms with Crippen molar-refractivity contribution >= 4 is 23.4 Å². The fourth-order valence-electron chi connectivity index (χ4n) is 2.13. The third kappa shape index (κ3) is 5.44. The van der Waals surface area contributed by atoms with Crippen LogP contribution in [0.2, 0.25) is 0 Å². The van der Waals surface area contributed by atoms with Crippen LogP contribution in [0.3, 0.4) is 0 Å². The number of ether oxygens (including phenoxy) is 2. The molecule has 2 aromatic carbocycles. The second-order valence-corrected chi connectivity index (χ2v) is 5.26. The predicted molar refractivity (Wildman–Crippen MR) is 92.9 cm³/mol. The summed E-state index contributed by atoms with van der Waals surface area (Å²) in [6.45, 7) is 0.719. The molecule has 0 aliphatic carbocycles. The van der Waals surface area contributed by atoms with Crippen LogP contribution in [-0.4, -0.2) is 25.2 Å². The fraction of sp³-hybridized carbons (Fsp3) is 0.222. The number of urea groups is 1. The highest BCUT2D eigenvalue weighted by atomic mass is 19.3. The van der Waals surface area contributed by atoms with E-state index in [1.807, 2.05) is 0 Å². The SMILES string of the molecule is CCOC(=O)c1ccc(NC(=O)Nc2cc(C)ccc2OC(F)F)cc1. The van der Waals surface area contributed by atoms with E-state index in [1.54, 1.807) is 19.9 Å². The highest BCUT2D eigenvalue weighted by molar-refractivity contribution is 6.01. The first-order chi connectivity index (χ1) is 12.4. The molecule has 0 aliphatic heterocycles. The number of amides is 2. The van der Waals surface area contributed by atoms with Crippen molar-refractivity contribution in [3.63, 3.8) is 0 Å². The lowest BCUT2D eigenvalue weighted by molar-refractivity contribution is -0.0493. The Morgan fingerprint density at radius 3 is 2.38 bits per heavy atom. The Morgan fingerprint density at radius 1 is 1.08 bits per heavy atom. The molecule has 0 heterocycles. The van der Waals surface area contributed by atoms with Gasteiger partial charge in [0.1, 0.15) is 5.75 Å². The standard InChI is InChI=1S/C18H18F2N2O4/c1-3-25-16(23)12-5-7-13(8-6-12)21-18(24)22-14-10-11(2)4-9-15(14)26-17(19)20/h4-10,17H,3H2,1-2H3,(H2,21,22,24). The minimum Gasteiger partial charge on any atom is -0.462 e. The molecule has 138 valence electrons. The molecule has 0 unspecified atom stereocenters. The van der Waals surface area contributed by atoms with Crippen LogP contribution in [0.1, 0.15) is 22.8 Å². The summed E-state index contributed by atoms with van der Waals surface area (Å²) in [7, 11) is 0. The van der Waals surface area contributed by atoms with Crippen LogP contribution in [0, 0.1) is 6.92 Å². The lowest BCUT2D eigenvalue weighted by Gasteiger charge is -2.13. The van der Waals surface area contributed by atoms with E-state index in [1.165, 1.54) is 36.4 Å². The van der Waals surface area contributed by atoms with Crippen LogP contribution in [0.15, 0.2) is 42.5 Å². The molecule has 0 spiro atoms. The summed E-state index contributed by atoms with van der Waals surface area (Å²) >= 11 is 0. The molecule has 2 aromatic rings. The molecule has 0 atom stereocenters. The van der Waals surface area contributed by atoms with Crippen molar-refractivity contribution in [3.8, 4) is 5.75 Å². The van der Waals surface area contributed by atoms with Gasteiger partial charge in [-0.3, -0.25) is 0 Å². The number of hydrogen-bond acceptors (Lipinski definition) is 4. The van der Waals surface area contributed by atoms with Crippen molar-refractivity contribution in [2.45, 2.75) is 20.5 Å². The van der Waals surface area contributed by atoms with E-state index in [9.17, 15) is 18.4 Å². The Labute approximate surface area is 149 Å². The fourth-order valence-corrected chi connectivity index (χ4v) is 2.13. The summed E-state index contributed by atoms with van der Waals surface area (Å²) in [5.74, 6) is -0.601.